The molecule has 4 atom stereocenters. The highest BCUT2D eigenvalue weighted by Crippen LogP contribution is 2.69. The van der Waals surface area contributed by atoms with E-state index in [0.29, 0.717) is 22.4 Å². The molecule has 4 unspecified atom stereocenters. The van der Waals surface area contributed by atoms with Crippen molar-refractivity contribution in [3.8, 4) is 0 Å². The van der Waals surface area contributed by atoms with E-state index in [1.54, 1.807) is 6.07 Å². The average Bonchev–Trinajstić information content (AvgIpc) is 2.83. The number of carbonyl (C=O) groups is 1. The maximum Gasteiger partial charge on any atom is 0.141 e. The quantitative estimate of drug-likeness (QED) is 0.820. The summed E-state index contributed by atoms with van der Waals surface area (Å²) in [5.41, 5.74) is 0.454. The Morgan fingerprint density at radius 1 is 1.26 bits per heavy atom. The van der Waals surface area contributed by atoms with Gasteiger partial charge >= 0.3 is 0 Å². The van der Waals surface area contributed by atoms with Gasteiger partial charge in [0.25, 0.3) is 0 Å². The Hall–Kier alpha value is -0.890. The Morgan fingerprint density at radius 2 is 1.95 bits per heavy atom. The van der Waals surface area contributed by atoms with Crippen molar-refractivity contribution in [1.82, 2.24) is 0 Å². The number of Topliss-reactive ketones (excluding diaryl/α,β-unsaturated/α-hetero) is 1. The minimum Gasteiger partial charge on any atom is -0.299 e. The van der Waals surface area contributed by atoms with Crippen LogP contribution in [0.5, 0.6) is 0 Å². The number of carbonyl (C=O) groups excluding carboxylic acids is 1. The standard InChI is InChI=1S/C16H16ClFO/c17-11-3-4-12(18)10(6-11)7-13(19)16-14-8-1-2-9(5-8)15(14)16/h3-4,6,8-9,14-16H,1-2,5,7H2. The SMILES string of the molecule is O=C(Cc1cc(Cl)ccc1F)C1C2C3CCC(C3)C12. The molecule has 0 radical (unpaired) electrons. The van der Waals surface area contributed by atoms with Crippen LogP contribution in [0.15, 0.2) is 18.2 Å². The number of ketones is 1. The van der Waals surface area contributed by atoms with Gasteiger partial charge in [-0.3, -0.25) is 4.79 Å². The minimum atomic E-state index is -0.313. The zero-order chi connectivity index (χ0) is 13.1. The monoisotopic (exact) mass is 278 g/mol. The van der Waals surface area contributed by atoms with E-state index < -0.39 is 0 Å². The number of hydrogen-bond donors (Lipinski definition) is 0. The van der Waals surface area contributed by atoms with Gasteiger partial charge < -0.3 is 0 Å². The highest BCUT2D eigenvalue weighted by Gasteiger charge is 2.66. The van der Waals surface area contributed by atoms with Gasteiger partial charge in [0, 0.05) is 17.4 Å². The molecule has 3 heteroatoms. The van der Waals surface area contributed by atoms with Gasteiger partial charge in [0.15, 0.2) is 0 Å². The molecule has 0 N–H and O–H groups in total. The molecule has 0 saturated heterocycles. The first-order valence-corrected chi connectivity index (χ1v) is 7.49. The van der Waals surface area contributed by atoms with E-state index in [9.17, 15) is 9.18 Å². The van der Waals surface area contributed by atoms with Crippen LogP contribution in [0, 0.1) is 35.4 Å². The third kappa shape index (κ3) is 1.76. The topological polar surface area (TPSA) is 17.1 Å². The maximum absolute atomic E-state index is 13.7. The zero-order valence-corrected chi connectivity index (χ0v) is 11.4. The first kappa shape index (κ1) is 11.9. The van der Waals surface area contributed by atoms with E-state index in [0.717, 1.165) is 11.8 Å². The number of hydrogen-bond acceptors (Lipinski definition) is 1. The lowest BCUT2D eigenvalue weighted by atomic mass is 9.96. The summed E-state index contributed by atoms with van der Waals surface area (Å²) in [6.45, 7) is 0. The summed E-state index contributed by atoms with van der Waals surface area (Å²) < 4.78 is 13.7. The normalized spacial score (nSPS) is 38.3. The summed E-state index contributed by atoms with van der Waals surface area (Å²) in [6.07, 6.45) is 4.16. The van der Waals surface area contributed by atoms with Crippen LogP contribution in [0.25, 0.3) is 0 Å². The van der Waals surface area contributed by atoms with Crippen LogP contribution < -0.4 is 0 Å². The average molecular weight is 279 g/mol. The Labute approximate surface area is 117 Å². The van der Waals surface area contributed by atoms with Crippen LogP contribution in [0.2, 0.25) is 5.02 Å². The van der Waals surface area contributed by atoms with Crippen molar-refractivity contribution in [1.29, 1.82) is 0 Å². The third-order valence-corrected chi connectivity index (χ3v) is 5.71. The van der Waals surface area contributed by atoms with Gasteiger partial charge in [-0.1, -0.05) is 11.6 Å². The lowest BCUT2D eigenvalue weighted by Crippen LogP contribution is -2.13. The fourth-order valence-electron chi connectivity index (χ4n) is 4.74. The van der Waals surface area contributed by atoms with Crippen molar-refractivity contribution >= 4 is 17.4 Å². The van der Waals surface area contributed by atoms with Gasteiger partial charge in [0.1, 0.15) is 11.6 Å². The Morgan fingerprint density at radius 3 is 2.63 bits per heavy atom. The molecule has 3 aliphatic carbocycles. The summed E-state index contributed by atoms with van der Waals surface area (Å²) in [7, 11) is 0. The maximum atomic E-state index is 13.7. The molecule has 4 rings (SSSR count). The van der Waals surface area contributed by atoms with E-state index in [4.69, 9.17) is 11.6 Å². The minimum absolute atomic E-state index is 0.212. The van der Waals surface area contributed by atoms with E-state index in [-0.39, 0.29) is 23.9 Å². The Bertz CT molecular complexity index is 540. The lowest BCUT2D eigenvalue weighted by molar-refractivity contribution is -0.120. The number of fused-ring (bicyclic) bond motifs is 5. The second-order valence-electron chi connectivity index (χ2n) is 6.39. The molecular formula is C16H16ClFO. The van der Waals surface area contributed by atoms with Crippen molar-refractivity contribution in [2.24, 2.45) is 29.6 Å². The highest BCUT2D eigenvalue weighted by molar-refractivity contribution is 6.30. The summed E-state index contributed by atoms with van der Waals surface area (Å²) >= 11 is 5.87. The van der Waals surface area contributed by atoms with Crippen molar-refractivity contribution < 1.29 is 9.18 Å². The smallest absolute Gasteiger partial charge is 0.141 e. The molecule has 0 heterocycles. The van der Waals surface area contributed by atoms with Crippen LogP contribution in [-0.2, 0) is 11.2 Å². The Kier molecular flexibility index (Phi) is 2.54. The first-order chi connectivity index (χ1) is 9.15. The van der Waals surface area contributed by atoms with Gasteiger partial charge in [-0.2, -0.15) is 0 Å². The highest BCUT2D eigenvalue weighted by atomic mass is 35.5. The molecule has 3 aliphatic rings. The zero-order valence-electron chi connectivity index (χ0n) is 10.6. The molecule has 3 fully saturated rings. The number of benzene rings is 1. The van der Waals surface area contributed by atoms with Crippen LogP contribution >= 0.6 is 11.6 Å². The predicted molar refractivity (Wildman–Crippen MR) is 71.4 cm³/mol. The van der Waals surface area contributed by atoms with Crippen LogP contribution in [0.3, 0.4) is 0 Å². The molecule has 0 aliphatic heterocycles. The molecular weight excluding hydrogens is 263 g/mol. The van der Waals surface area contributed by atoms with Gasteiger partial charge in [0.05, 0.1) is 0 Å². The largest absolute Gasteiger partial charge is 0.299 e. The molecule has 2 bridgehead atoms. The molecule has 0 aromatic heterocycles. The summed E-state index contributed by atoms with van der Waals surface area (Å²) in [4.78, 5) is 12.4. The third-order valence-electron chi connectivity index (χ3n) is 5.48. The summed E-state index contributed by atoms with van der Waals surface area (Å²) in [5.74, 6) is 2.98. The fraction of sp³-hybridized carbons (Fsp3) is 0.562. The van der Waals surface area contributed by atoms with Gasteiger partial charge in [-0.25, -0.2) is 4.39 Å². The molecule has 0 spiro atoms. The van der Waals surface area contributed by atoms with Gasteiger partial charge in [-0.15, -0.1) is 0 Å². The molecule has 3 saturated carbocycles. The van der Waals surface area contributed by atoms with Crippen molar-refractivity contribution in [3.05, 3.63) is 34.6 Å². The van der Waals surface area contributed by atoms with Crippen molar-refractivity contribution in [3.63, 3.8) is 0 Å². The van der Waals surface area contributed by atoms with Crippen molar-refractivity contribution in [2.75, 3.05) is 0 Å². The summed E-state index contributed by atoms with van der Waals surface area (Å²) in [6, 6.07) is 4.46. The van der Waals surface area contributed by atoms with Crippen molar-refractivity contribution in [2.45, 2.75) is 25.7 Å². The van der Waals surface area contributed by atoms with E-state index >= 15 is 0 Å². The van der Waals surface area contributed by atoms with Crippen LogP contribution in [-0.4, -0.2) is 5.78 Å². The predicted octanol–water partition coefficient (Wildman–Crippen LogP) is 3.88. The molecule has 0 amide bonds. The van der Waals surface area contributed by atoms with E-state index in [1.807, 2.05) is 0 Å². The molecule has 1 aromatic rings. The lowest BCUT2D eigenvalue weighted by Gasteiger charge is -2.08. The van der Waals surface area contributed by atoms with Crippen LogP contribution in [0.4, 0.5) is 4.39 Å². The summed E-state index contributed by atoms with van der Waals surface area (Å²) in [5, 5.41) is 0.500. The number of halogens is 2. The van der Waals surface area contributed by atoms with Gasteiger partial charge in [-0.05, 0) is 66.7 Å². The Balaban J connectivity index is 1.50. The first-order valence-electron chi connectivity index (χ1n) is 7.12. The number of rotatable bonds is 3. The molecule has 1 aromatic carbocycles. The second-order valence-corrected chi connectivity index (χ2v) is 6.83. The van der Waals surface area contributed by atoms with E-state index in [1.165, 1.54) is 31.4 Å². The molecule has 19 heavy (non-hydrogen) atoms. The molecule has 100 valence electrons. The second kappa shape index (κ2) is 4.05. The van der Waals surface area contributed by atoms with E-state index in [2.05, 4.69) is 0 Å². The van der Waals surface area contributed by atoms with Gasteiger partial charge in [0.2, 0.25) is 0 Å². The molecule has 1 nitrogen and oxygen atoms in total. The van der Waals surface area contributed by atoms with Crippen LogP contribution in [0.1, 0.15) is 24.8 Å². The fourth-order valence-corrected chi connectivity index (χ4v) is 4.93.